The molecule has 3 heteroatoms. The maximum atomic E-state index is 11.9. The van der Waals surface area contributed by atoms with Gasteiger partial charge in [0.15, 0.2) is 0 Å². The molecule has 0 amide bonds. The molecule has 1 saturated carbocycles. The Morgan fingerprint density at radius 2 is 1.88 bits per heavy atom. The Hall–Kier alpha value is -0.570. The van der Waals surface area contributed by atoms with E-state index in [9.17, 15) is 9.90 Å². The predicted octanol–water partition coefficient (Wildman–Crippen LogP) is 2.37. The van der Waals surface area contributed by atoms with Crippen LogP contribution >= 0.6 is 0 Å². The summed E-state index contributed by atoms with van der Waals surface area (Å²) in [4.78, 5) is 11.9. The molecule has 1 aliphatic rings. The number of hydrogen-bond donors (Lipinski definition) is 1. The monoisotopic (exact) mass is 228 g/mol. The van der Waals surface area contributed by atoms with Crippen LogP contribution in [0.15, 0.2) is 0 Å². The second-order valence-corrected chi connectivity index (χ2v) is 5.91. The molecule has 0 aromatic carbocycles. The third-order valence-corrected chi connectivity index (χ3v) is 4.17. The van der Waals surface area contributed by atoms with Crippen molar-refractivity contribution >= 4 is 5.97 Å². The molecule has 2 unspecified atom stereocenters. The average Bonchev–Trinajstić information content (AvgIpc) is 2.41. The van der Waals surface area contributed by atoms with Gasteiger partial charge in [0.25, 0.3) is 0 Å². The third-order valence-electron chi connectivity index (χ3n) is 4.17. The highest BCUT2D eigenvalue weighted by Crippen LogP contribution is 2.51. The molecule has 1 fully saturated rings. The summed E-state index contributed by atoms with van der Waals surface area (Å²) in [6.07, 6.45) is 2.63. The Labute approximate surface area is 98.2 Å². The molecule has 0 aliphatic heterocycles. The molecule has 1 aliphatic carbocycles. The van der Waals surface area contributed by atoms with Gasteiger partial charge in [-0.05, 0) is 30.6 Å². The zero-order valence-corrected chi connectivity index (χ0v) is 11.0. The zero-order valence-electron chi connectivity index (χ0n) is 11.0. The third kappa shape index (κ3) is 1.97. The fourth-order valence-corrected chi connectivity index (χ4v) is 3.08. The van der Waals surface area contributed by atoms with E-state index in [1.807, 2.05) is 27.7 Å². The summed E-state index contributed by atoms with van der Waals surface area (Å²) < 4.78 is 4.85. The molecule has 16 heavy (non-hydrogen) atoms. The summed E-state index contributed by atoms with van der Waals surface area (Å²) in [5, 5.41) is 10.8. The second kappa shape index (κ2) is 4.36. The van der Waals surface area contributed by atoms with Crippen LogP contribution in [0.4, 0.5) is 0 Å². The average molecular weight is 228 g/mol. The van der Waals surface area contributed by atoms with Crippen molar-refractivity contribution in [2.75, 3.05) is 7.11 Å². The molecule has 2 atom stereocenters. The van der Waals surface area contributed by atoms with Gasteiger partial charge in [0.1, 0.15) is 0 Å². The number of esters is 1. The second-order valence-electron chi connectivity index (χ2n) is 5.91. The van der Waals surface area contributed by atoms with Crippen LogP contribution in [0.3, 0.4) is 0 Å². The van der Waals surface area contributed by atoms with Crippen LogP contribution in [-0.4, -0.2) is 23.8 Å². The van der Waals surface area contributed by atoms with Crippen molar-refractivity contribution in [3.05, 3.63) is 0 Å². The fourth-order valence-electron chi connectivity index (χ4n) is 3.08. The number of ether oxygens (including phenoxy) is 1. The molecule has 94 valence electrons. The van der Waals surface area contributed by atoms with Gasteiger partial charge in [0.05, 0.1) is 18.6 Å². The molecule has 0 radical (unpaired) electrons. The minimum atomic E-state index is -0.922. The van der Waals surface area contributed by atoms with Crippen LogP contribution in [0.2, 0.25) is 0 Å². The van der Waals surface area contributed by atoms with Gasteiger partial charge in [0, 0.05) is 0 Å². The molecule has 0 saturated heterocycles. The lowest BCUT2D eigenvalue weighted by Gasteiger charge is -2.43. The number of aliphatic hydroxyl groups is 1. The highest BCUT2D eigenvalue weighted by molar-refractivity contribution is 5.74. The molecule has 1 N–H and O–H groups in total. The Morgan fingerprint density at radius 1 is 1.31 bits per heavy atom. The van der Waals surface area contributed by atoms with Gasteiger partial charge in [-0.3, -0.25) is 4.79 Å². The number of rotatable bonds is 3. The number of carbonyl (C=O) groups is 1. The summed E-state index contributed by atoms with van der Waals surface area (Å²) in [5.74, 6) is -0.614. The highest BCUT2D eigenvalue weighted by Gasteiger charge is 2.56. The summed E-state index contributed by atoms with van der Waals surface area (Å²) in [5.41, 5.74) is -1.13. The lowest BCUT2D eigenvalue weighted by atomic mass is 9.66. The van der Waals surface area contributed by atoms with E-state index in [0.717, 1.165) is 12.8 Å². The number of hydrogen-bond acceptors (Lipinski definition) is 3. The van der Waals surface area contributed by atoms with Gasteiger partial charge in [-0.1, -0.05) is 27.7 Å². The molecule has 0 bridgehead atoms. The maximum Gasteiger partial charge on any atom is 0.311 e. The van der Waals surface area contributed by atoms with E-state index < -0.39 is 11.5 Å². The Bertz CT molecular complexity index is 270. The van der Waals surface area contributed by atoms with Crippen LogP contribution in [0.5, 0.6) is 0 Å². The summed E-state index contributed by atoms with van der Waals surface area (Å²) in [7, 11) is 1.39. The topological polar surface area (TPSA) is 46.5 Å². The maximum absolute atomic E-state index is 11.9. The number of carbonyl (C=O) groups excluding carboxylic acids is 1. The molecule has 3 nitrogen and oxygen atoms in total. The van der Waals surface area contributed by atoms with Crippen molar-refractivity contribution in [1.29, 1.82) is 0 Å². The van der Waals surface area contributed by atoms with E-state index in [0.29, 0.717) is 6.42 Å². The summed E-state index contributed by atoms with van der Waals surface area (Å²) >= 11 is 0. The van der Waals surface area contributed by atoms with E-state index in [1.54, 1.807) is 0 Å². The van der Waals surface area contributed by atoms with E-state index in [2.05, 4.69) is 0 Å². The predicted molar refractivity (Wildman–Crippen MR) is 62.9 cm³/mol. The molecule has 1 rings (SSSR count). The largest absolute Gasteiger partial charge is 0.469 e. The van der Waals surface area contributed by atoms with Gasteiger partial charge in [-0.2, -0.15) is 0 Å². The van der Waals surface area contributed by atoms with Crippen LogP contribution in [0, 0.1) is 17.3 Å². The molecule has 0 aromatic rings. The summed E-state index contributed by atoms with van der Waals surface area (Å²) in [6.45, 7) is 8.01. The van der Waals surface area contributed by atoms with E-state index in [4.69, 9.17) is 4.74 Å². The zero-order chi connectivity index (χ0) is 12.6. The first-order valence-corrected chi connectivity index (χ1v) is 6.06. The minimum absolute atomic E-state index is 0.0924. The van der Waals surface area contributed by atoms with Crippen LogP contribution in [0.1, 0.15) is 47.0 Å². The van der Waals surface area contributed by atoms with E-state index >= 15 is 0 Å². The van der Waals surface area contributed by atoms with Crippen molar-refractivity contribution in [1.82, 2.24) is 0 Å². The summed E-state index contributed by atoms with van der Waals surface area (Å²) in [6, 6.07) is 0. The quantitative estimate of drug-likeness (QED) is 0.754. The van der Waals surface area contributed by atoms with Crippen molar-refractivity contribution in [2.45, 2.75) is 52.6 Å². The number of methoxy groups -OCH3 is 1. The van der Waals surface area contributed by atoms with E-state index in [1.165, 1.54) is 7.11 Å². The van der Waals surface area contributed by atoms with Crippen molar-refractivity contribution < 1.29 is 14.6 Å². The SMILES string of the molecule is COC(=O)C(C(C)C)C1(O)CCCC1(C)C. The molecule has 0 aromatic heterocycles. The lowest BCUT2D eigenvalue weighted by molar-refractivity contribution is -0.169. The first-order chi connectivity index (χ1) is 7.26. The molecule has 0 spiro atoms. The van der Waals surface area contributed by atoms with Gasteiger partial charge >= 0.3 is 5.97 Å². The van der Waals surface area contributed by atoms with Crippen molar-refractivity contribution in [2.24, 2.45) is 17.3 Å². The van der Waals surface area contributed by atoms with Gasteiger partial charge in [0.2, 0.25) is 0 Å². The highest BCUT2D eigenvalue weighted by atomic mass is 16.5. The van der Waals surface area contributed by atoms with Gasteiger partial charge in [-0.25, -0.2) is 0 Å². The van der Waals surface area contributed by atoms with Crippen molar-refractivity contribution in [3.63, 3.8) is 0 Å². The fraction of sp³-hybridized carbons (Fsp3) is 0.923. The Balaban J connectivity index is 3.07. The minimum Gasteiger partial charge on any atom is -0.469 e. The van der Waals surface area contributed by atoms with Crippen LogP contribution in [-0.2, 0) is 9.53 Å². The van der Waals surface area contributed by atoms with Crippen LogP contribution in [0.25, 0.3) is 0 Å². The molecular weight excluding hydrogens is 204 g/mol. The first kappa shape index (κ1) is 13.5. The molecule has 0 heterocycles. The van der Waals surface area contributed by atoms with E-state index in [-0.39, 0.29) is 17.3 Å². The normalized spacial score (nSPS) is 30.4. The lowest BCUT2D eigenvalue weighted by Crippen LogP contribution is -2.52. The molecular formula is C13H24O3. The van der Waals surface area contributed by atoms with Crippen LogP contribution < -0.4 is 0 Å². The Kier molecular flexibility index (Phi) is 3.68. The standard InChI is InChI=1S/C13H24O3/c1-9(2)10(11(14)16-5)13(15)8-6-7-12(13,3)4/h9-10,15H,6-8H2,1-5H3. The van der Waals surface area contributed by atoms with Crippen molar-refractivity contribution in [3.8, 4) is 0 Å². The van der Waals surface area contributed by atoms with Gasteiger partial charge < -0.3 is 9.84 Å². The Morgan fingerprint density at radius 3 is 2.19 bits per heavy atom. The smallest absolute Gasteiger partial charge is 0.311 e. The van der Waals surface area contributed by atoms with Gasteiger partial charge in [-0.15, -0.1) is 0 Å². The first-order valence-electron chi connectivity index (χ1n) is 6.06.